The van der Waals surface area contributed by atoms with E-state index in [9.17, 15) is 9.59 Å². The van der Waals surface area contributed by atoms with Crippen molar-refractivity contribution in [1.29, 1.82) is 0 Å². The molecule has 88 valence electrons. The van der Waals surface area contributed by atoms with Gasteiger partial charge in [-0.3, -0.25) is 9.59 Å². The van der Waals surface area contributed by atoms with Gasteiger partial charge in [-0.2, -0.15) is 12.6 Å². The Labute approximate surface area is 95.7 Å². The van der Waals surface area contributed by atoms with Gasteiger partial charge in [-0.05, 0) is 12.8 Å². The molecule has 0 fully saturated rings. The van der Waals surface area contributed by atoms with Crippen LogP contribution in [0.5, 0.6) is 0 Å². The third-order valence-electron chi connectivity index (χ3n) is 1.67. The van der Waals surface area contributed by atoms with Crippen molar-refractivity contribution >= 4 is 24.6 Å². The van der Waals surface area contributed by atoms with E-state index >= 15 is 0 Å². The maximum absolute atomic E-state index is 10.9. The molecule has 0 rings (SSSR count). The van der Waals surface area contributed by atoms with Gasteiger partial charge in [0.1, 0.15) is 0 Å². The standard InChI is InChI=1S/C10H18O4S/c1-2-9(11)13-6-3-4-7-14-10(12)5-8-15/h15H,2-8H2,1H3. The quantitative estimate of drug-likeness (QED) is 0.393. The van der Waals surface area contributed by atoms with Crippen LogP contribution in [-0.2, 0) is 19.1 Å². The molecule has 0 atom stereocenters. The molecule has 0 saturated carbocycles. The average Bonchev–Trinajstić information content (AvgIpc) is 2.23. The summed E-state index contributed by atoms with van der Waals surface area (Å²) in [5, 5.41) is 0. The van der Waals surface area contributed by atoms with Crippen LogP contribution in [0.15, 0.2) is 0 Å². The zero-order valence-electron chi connectivity index (χ0n) is 9.03. The third kappa shape index (κ3) is 9.59. The minimum Gasteiger partial charge on any atom is -0.466 e. The summed E-state index contributed by atoms with van der Waals surface area (Å²) in [6.07, 6.45) is 2.18. The molecule has 0 saturated heterocycles. The molecular formula is C10H18O4S. The predicted molar refractivity (Wildman–Crippen MR) is 59.9 cm³/mol. The molecule has 0 aromatic heterocycles. The number of ether oxygens (including phenoxy) is 2. The Hall–Kier alpha value is -0.710. The van der Waals surface area contributed by atoms with Gasteiger partial charge in [0, 0.05) is 12.2 Å². The van der Waals surface area contributed by atoms with Gasteiger partial charge < -0.3 is 9.47 Å². The van der Waals surface area contributed by atoms with E-state index in [1.165, 1.54) is 0 Å². The number of hydrogen-bond acceptors (Lipinski definition) is 5. The van der Waals surface area contributed by atoms with Gasteiger partial charge >= 0.3 is 11.9 Å². The number of carbonyl (C=O) groups excluding carboxylic acids is 2. The Bertz CT molecular complexity index is 194. The number of rotatable bonds is 8. The number of esters is 2. The van der Waals surface area contributed by atoms with Crippen LogP contribution in [0.25, 0.3) is 0 Å². The smallest absolute Gasteiger partial charge is 0.306 e. The maximum atomic E-state index is 10.9. The molecule has 0 aliphatic heterocycles. The van der Waals surface area contributed by atoms with Gasteiger partial charge in [0.2, 0.25) is 0 Å². The normalized spacial score (nSPS) is 9.73. The number of unbranched alkanes of at least 4 members (excludes halogenated alkanes) is 1. The van der Waals surface area contributed by atoms with Crippen LogP contribution < -0.4 is 0 Å². The highest BCUT2D eigenvalue weighted by Crippen LogP contribution is 1.95. The molecule has 0 N–H and O–H groups in total. The van der Waals surface area contributed by atoms with Gasteiger partial charge in [-0.15, -0.1) is 0 Å². The van der Waals surface area contributed by atoms with E-state index in [0.717, 1.165) is 12.8 Å². The van der Waals surface area contributed by atoms with Crippen LogP contribution in [0.1, 0.15) is 32.6 Å². The highest BCUT2D eigenvalue weighted by Gasteiger charge is 2.01. The third-order valence-corrected chi connectivity index (χ3v) is 1.89. The molecule has 0 aromatic rings. The second-order valence-electron chi connectivity index (χ2n) is 2.98. The molecule has 0 unspecified atom stereocenters. The van der Waals surface area contributed by atoms with Gasteiger partial charge in [-0.1, -0.05) is 6.92 Å². The van der Waals surface area contributed by atoms with Crippen LogP contribution in [-0.4, -0.2) is 30.9 Å². The second-order valence-corrected chi connectivity index (χ2v) is 3.42. The monoisotopic (exact) mass is 234 g/mol. The van der Waals surface area contributed by atoms with Crippen LogP contribution in [0.3, 0.4) is 0 Å². The molecule has 0 aromatic carbocycles. The fourth-order valence-corrected chi connectivity index (χ4v) is 1.02. The Morgan fingerprint density at radius 2 is 1.60 bits per heavy atom. The first-order valence-corrected chi connectivity index (χ1v) is 5.76. The first-order chi connectivity index (χ1) is 7.20. The summed E-state index contributed by atoms with van der Waals surface area (Å²) in [6.45, 7) is 2.54. The first-order valence-electron chi connectivity index (χ1n) is 5.12. The maximum Gasteiger partial charge on any atom is 0.306 e. The first kappa shape index (κ1) is 14.3. The van der Waals surface area contributed by atoms with Crippen molar-refractivity contribution in [3.8, 4) is 0 Å². The lowest BCUT2D eigenvalue weighted by Crippen LogP contribution is -2.08. The molecule has 0 radical (unpaired) electrons. The zero-order chi connectivity index (χ0) is 11.5. The van der Waals surface area contributed by atoms with Gasteiger partial charge in [-0.25, -0.2) is 0 Å². The Balaban J connectivity index is 3.18. The molecule has 0 aliphatic carbocycles. The number of thiol groups is 1. The predicted octanol–water partition coefficient (Wildman–Crippen LogP) is 1.58. The van der Waals surface area contributed by atoms with E-state index < -0.39 is 0 Å². The molecule has 0 aliphatic rings. The summed E-state index contributed by atoms with van der Waals surface area (Å²) < 4.78 is 9.74. The summed E-state index contributed by atoms with van der Waals surface area (Å²) in [5.74, 6) is 0.0880. The lowest BCUT2D eigenvalue weighted by Gasteiger charge is -2.04. The van der Waals surface area contributed by atoms with Crippen molar-refractivity contribution in [1.82, 2.24) is 0 Å². The van der Waals surface area contributed by atoms with Crippen molar-refractivity contribution in [2.24, 2.45) is 0 Å². The fourth-order valence-electron chi connectivity index (χ4n) is 0.842. The minimum atomic E-state index is -0.226. The van der Waals surface area contributed by atoms with Crippen molar-refractivity contribution in [2.75, 3.05) is 19.0 Å². The highest BCUT2D eigenvalue weighted by atomic mass is 32.1. The van der Waals surface area contributed by atoms with Crippen molar-refractivity contribution in [3.63, 3.8) is 0 Å². The molecular weight excluding hydrogens is 216 g/mol. The van der Waals surface area contributed by atoms with E-state index in [1.54, 1.807) is 6.92 Å². The van der Waals surface area contributed by atoms with Crippen LogP contribution >= 0.6 is 12.6 Å². The SMILES string of the molecule is CCC(=O)OCCCCOC(=O)CCS. The number of carbonyl (C=O) groups is 2. The summed E-state index contributed by atoms with van der Waals surface area (Å²) >= 11 is 3.91. The molecule has 5 heteroatoms. The van der Waals surface area contributed by atoms with Gasteiger partial charge in [0.25, 0.3) is 0 Å². The van der Waals surface area contributed by atoms with E-state index in [2.05, 4.69) is 12.6 Å². The number of hydrogen-bond donors (Lipinski definition) is 1. The lowest BCUT2D eigenvalue weighted by molar-refractivity contribution is -0.145. The lowest BCUT2D eigenvalue weighted by atomic mass is 10.3. The van der Waals surface area contributed by atoms with Crippen LogP contribution in [0.4, 0.5) is 0 Å². The Morgan fingerprint density at radius 1 is 1.07 bits per heavy atom. The van der Waals surface area contributed by atoms with Gasteiger partial charge in [0.05, 0.1) is 19.6 Å². The van der Waals surface area contributed by atoms with Crippen molar-refractivity contribution < 1.29 is 19.1 Å². The van der Waals surface area contributed by atoms with Gasteiger partial charge in [0.15, 0.2) is 0 Å². The van der Waals surface area contributed by atoms with E-state index in [1.807, 2.05) is 0 Å². The molecule has 0 bridgehead atoms. The summed E-state index contributed by atoms with van der Waals surface area (Å²) in [7, 11) is 0. The Morgan fingerprint density at radius 3 is 2.07 bits per heavy atom. The summed E-state index contributed by atoms with van der Waals surface area (Å²) in [4.78, 5) is 21.6. The van der Waals surface area contributed by atoms with Crippen LogP contribution in [0, 0.1) is 0 Å². The van der Waals surface area contributed by atoms with Crippen molar-refractivity contribution in [2.45, 2.75) is 32.6 Å². The average molecular weight is 234 g/mol. The highest BCUT2D eigenvalue weighted by molar-refractivity contribution is 7.80. The fraction of sp³-hybridized carbons (Fsp3) is 0.800. The molecule has 0 heterocycles. The van der Waals surface area contributed by atoms with Crippen LogP contribution in [0.2, 0.25) is 0 Å². The van der Waals surface area contributed by atoms with E-state index in [-0.39, 0.29) is 11.9 Å². The van der Waals surface area contributed by atoms with Crippen molar-refractivity contribution in [3.05, 3.63) is 0 Å². The summed E-state index contributed by atoms with van der Waals surface area (Å²) in [5.41, 5.74) is 0. The zero-order valence-corrected chi connectivity index (χ0v) is 9.92. The molecule has 4 nitrogen and oxygen atoms in total. The summed E-state index contributed by atoms with van der Waals surface area (Å²) in [6, 6.07) is 0. The molecule has 0 spiro atoms. The van der Waals surface area contributed by atoms with E-state index in [0.29, 0.717) is 31.8 Å². The van der Waals surface area contributed by atoms with E-state index in [4.69, 9.17) is 9.47 Å². The largest absolute Gasteiger partial charge is 0.466 e. The molecule has 15 heavy (non-hydrogen) atoms. The second kappa shape index (κ2) is 9.83. The Kier molecular flexibility index (Phi) is 9.36. The molecule has 0 amide bonds. The minimum absolute atomic E-state index is 0.193. The topological polar surface area (TPSA) is 52.6 Å².